The van der Waals surface area contributed by atoms with E-state index in [0.717, 1.165) is 17.9 Å². The van der Waals surface area contributed by atoms with Crippen LogP contribution in [0.15, 0.2) is 18.5 Å². The Morgan fingerprint density at radius 1 is 1.77 bits per heavy atom. The normalized spacial score (nSPS) is 9.69. The fourth-order valence-electron chi connectivity index (χ4n) is 1.09. The number of unbranched alkanes of at least 4 members (excludes halogenated alkanes) is 1. The first-order valence-electron chi connectivity index (χ1n) is 4.38. The number of aryl methyl sites for hydroxylation is 1. The van der Waals surface area contributed by atoms with E-state index >= 15 is 0 Å². The third-order valence-corrected chi connectivity index (χ3v) is 2.37. The van der Waals surface area contributed by atoms with Crippen molar-refractivity contribution < 1.29 is 0 Å². The van der Waals surface area contributed by atoms with Crippen molar-refractivity contribution in [3.8, 4) is 0 Å². The Labute approximate surface area is 87.3 Å². The summed E-state index contributed by atoms with van der Waals surface area (Å²) in [5.41, 5.74) is 3.61. The van der Waals surface area contributed by atoms with Gasteiger partial charge in [-0.15, -0.1) is 5.73 Å². The minimum Gasteiger partial charge on any atom is -0.269 e. The van der Waals surface area contributed by atoms with Gasteiger partial charge in [0.2, 0.25) is 0 Å². The summed E-state index contributed by atoms with van der Waals surface area (Å²) in [6.07, 6.45) is 7.05. The minimum absolute atomic E-state index is 0.901. The average molecular weight is 241 g/mol. The predicted octanol–water partition coefficient (Wildman–Crippen LogP) is 3.18. The molecule has 0 fully saturated rings. The second-order valence-corrected chi connectivity index (χ2v) is 3.61. The highest BCUT2D eigenvalue weighted by Crippen LogP contribution is 2.10. The molecule has 13 heavy (non-hydrogen) atoms. The molecule has 0 spiro atoms. The summed E-state index contributed by atoms with van der Waals surface area (Å²) in [6, 6.07) is 0. The number of imidazole rings is 1. The predicted molar refractivity (Wildman–Crippen MR) is 58.8 cm³/mol. The van der Waals surface area contributed by atoms with Gasteiger partial charge in [-0.3, -0.25) is 3.59 Å². The van der Waals surface area contributed by atoms with Gasteiger partial charge in [-0.1, -0.05) is 19.9 Å². The molecule has 1 heterocycles. The molecule has 0 bridgehead atoms. The largest absolute Gasteiger partial charge is 0.269 e. The number of aromatic nitrogens is 2. The monoisotopic (exact) mass is 240 g/mol. The molecule has 0 saturated carbocycles. The Bertz CT molecular complexity index is 322. The highest BCUT2D eigenvalue weighted by molar-refractivity contribution is 9.08. The van der Waals surface area contributed by atoms with Gasteiger partial charge in [-0.05, 0) is 6.42 Å². The Morgan fingerprint density at radius 2 is 2.54 bits per heavy atom. The third-order valence-electron chi connectivity index (χ3n) is 1.75. The third kappa shape index (κ3) is 2.87. The van der Waals surface area contributed by atoms with Gasteiger partial charge in [-0.25, -0.2) is 4.98 Å². The summed E-state index contributed by atoms with van der Waals surface area (Å²) in [4.78, 5) is 4.40. The minimum atomic E-state index is 0.901. The lowest BCUT2D eigenvalue weighted by Crippen LogP contribution is -1.91. The topological polar surface area (TPSA) is 17.8 Å². The molecule has 70 valence electrons. The van der Waals surface area contributed by atoms with Crippen LogP contribution < -0.4 is 0 Å². The fourth-order valence-corrected chi connectivity index (χ4v) is 1.55. The molecule has 1 rings (SSSR count). The van der Waals surface area contributed by atoms with Crippen LogP contribution >= 0.6 is 16.1 Å². The van der Waals surface area contributed by atoms with Crippen molar-refractivity contribution in [2.75, 3.05) is 0 Å². The molecule has 0 aliphatic carbocycles. The molecule has 0 aliphatic heterocycles. The molecule has 0 amide bonds. The van der Waals surface area contributed by atoms with Gasteiger partial charge < -0.3 is 0 Å². The van der Waals surface area contributed by atoms with Gasteiger partial charge in [0.05, 0.1) is 21.8 Å². The van der Waals surface area contributed by atoms with Gasteiger partial charge in [0.1, 0.15) is 5.82 Å². The maximum Gasteiger partial charge on any atom is 0.119 e. The molecule has 0 unspecified atom stereocenters. The van der Waals surface area contributed by atoms with Gasteiger partial charge in [-0.2, -0.15) is 0 Å². The number of hydrogen-bond donors (Lipinski definition) is 0. The molecule has 0 radical (unpaired) electrons. The summed E-state index contributed by atoms with van der Waals surface area (Å²) < 4.78 is 1.88. The van der Waals surface area contributed by atoms with Crippen molar-refractivity contribution in [1.82, 2.24) is 8.58 Å². The van der Waals surface area contributed by atoms with E-state index in [-0.39, 0.29) is 0 Å². The Balaban J connectivity index is 2.77. The van der Waals surface area contributed by atoms with Crippen molar-refractivity contribution in [3.63, 3.8) is 0 Å². The highest BCUT2D eigenvalue weighted by Gasteiger charge is 2.02. The summed E-state index contributed by atoms with van der Waals surface area (Å²) in [5, 5.41) is 0. The first-order valence-corrected chi connectivity index (χ1v) is 5.09. The molecular weight excluding hydrogens is 228 g/mol. The fraction of sp³-hybridized carbons (Fsp3) is 0.400. The van der Waals surface area contributed by atoms with Crippen LogP contribution in [0.4, 0.5) is 0 Å². The van der Waals surface area contributed by atoms with Crippen molar-refractivity contribution in [2.24, 2.45) is 0 Å². The van der Waals surface area contributed by atoms with Crippen LogP contribution in [-0.4, -0.2) is 8.58 Å². The van der Waals surface area contributed by atoms with Gasteiger partial charge in [0.15, 0.2) is 0 Å². The highest BCUT2D eigenvalue weighted by atomic mass is 79.9. The zero-order chi connectivity index (χ0) is 9.68. The van der Waals surface area contributed by atoms with Crippen molar-refractivity contribution in [1.29, 1.82) is 0 Å². The van der Waals surface area contributed by atoms with E-state index in [0.29, 0.717) is 0 Å². The van der Waals surface area contributed by atoms with Crippen LogP contribution in [0, 0.1) is 0 Å². The van der Waals surface area contributed by atoms with Crippen molar-refractivity contribution >= 4 is 22.2 Å². The van der Waals surface area contributed by atoms with Crippen LogP contribution in [0.3, 0.4) is 0 Å². The van der Waals surface area contributed by atoms with Crippen LogP contribution in [0.25, 0.3) is 6.08 Å². The zero-order valence-corrected chi connectivity index (χ0v) is 9.34. The zero-order valence-electron chi connectivity index (χ0n) is 7.76. The lowest BCUT2D eigenvalue weighted by atomic mass is 10.2. The van der Waals surface area contributed by atoms with Crippen molar-refractivity contribution in [3.05, 3.63) is 30.0 Å². The SMILES string of the molecule is C=C=Cc1cn(Br)c(CCCC)n1. The summed E-state index contributed by atoms with van der Waals surface area (Å²) in [6.45, 7) is 5.68. The Kier molecular flexibility index (Phi) is 4.00. The molecule has 2 nitrogen and oxygen atoms in total. The van der Waals surface area contributed by atoms with E-state index in [2.05, 4.69) is 40.4 Å². The summed E-state index contributed by atoms with van der Waals surface area (Å²) in [5.74, 6) is 1.06. The number of halogens is 1. The van der Waals surface area contributed by atoms with Crippen LogP contribution in [0.5, 0.6) is 0 Å². The van der Waals surface area contributed by atoms with E-state index < -0.39 is 0 Å². The molecule has 0 atom stereocenters. The summed E-state index contributed by atoms with van der Waals surface area (Å²) in [7, 11) is 0. The van der Waals surface area contributed by atoms with Crippen LogP contribution in [0.2, 0.25) is 0 Å². The smallest absolute Gasteiger partial charge is 0.119 e. The lowest BCUT2D eigenvalue weighted by molar-refractivity contribution is 0.757. The number of hydrogen-bond acceptors (Lipinski definition) is 1. The Hall–Kier alpha value is -0.790. The molecule has 1 aromatic heterocycles. The van der Waals surface area contributed by atoms with E-state index in [1.807, 2.05) is 9.79 Å². The average Bonchev–Trinajstić information content (AvgIpc) is 2.44. The molecule has 0 N–H and O–H groups in total. The maximum atomic E-state index is 4.40. The molecule has 0 aliphatic rings. The van der Waals surface area contributed by atoms with E-state index in [1.54, 1.807) is 6.08 Å². The Morgan fingerprint density at radius 3 is 3.15 bits per heavy atom. The maximum absolute atomic E-state index is 4.40. The second-order valence-electron chi connectivity index (χ2n) is 2.85. The van der Waals surface area contributed by atoms with Crippen LogP contribution in [0.1, 0.15) is 31.3 Å². The standard InChI is InChI=1S/C10H13BrN2/c1-3-5-7-10-12-9(6-4-2)8-13(10)11/h6,8H,2-3,5,7H2,1H3. The first-order chi connectivity index (χ1) is 6.27. The van der Waals surface area contributed by atoms with E-state index in [4.69, 9.17) is 0 Å². The molecule has 3 heteroatoms. The molecule has 1 aromatic rings. The van der Waals surface area contributed by atoms with Gasteiger partial charge >= 0.3 is 0 Å². The second kappa shape index (κ2) is 5.05. The van der Waals surface area contributed by atoms with Gasteiger partial charge in [0, 0.05) is 18.7 Å². The van der Waals surface area contributed by atoms with Gasteiger partial charge in [0.25, 0.3) is 0 Å². The number of nitrogens with zero attached hydrogens (tertiary/aromatic N) is 2. The number of rotatable bonds is 4. The van der Waals surface area contributed by atoms with Crippen molar-refractivity contribution in [2.45, 2.75) is 26.2 Å². The quantitative estimate of drug-likeness (QED) is 0.740. The van der Waals surface area contributed by atoms with Crippen LogP contribution in [-0.2, 0) is 6.42 Å². The molecule has 0 saturated heterocycles. The molecular formula is C10H13BrN2. The van der Waals surface area contributed by atoms with E-state index in [1.165, 1.54) is 12.8 Å². The molecule has 0 aromatic carbocycles. The lowest BCUT2D eigenvalue weighted by Gasteiger charge is -1.95. The summed E-state index contributed by atoms with van der Waals surface area (Å²) >= 11 is 3.40. The first kappa shape index (κ1) is 10.3. The van der Waals surface area contributed by atoms with E-state index in [9.17, 15) is 0 Å².